The maximum atomic E-state index is 2.58. The second kappa shape index (κ2) is 8.51. The van der Waals surface area contributed by atoms with E-state index in [4.69, 9.17) is 0 Å². The molecule has 0 saturated carbocycles. The van der Waals surface area contributed by atoms with Gasteiger partial charge in [-0.2, -0.15) is 0 Å². The van der Waals surface area contributed by atoms with Gasteiger partial charge in [-0.1, -0.05) is 0 Å². The van der Waals surface area contributed by atoms with Crippen LogP contribution in [0, 0.1) is 0 Å². The van der Waals surface area contributed by atoms with E-state index in [9.17, 15) is 0 Å². The van der Waals surface area contributed by atoms with Crippen LogP contribution >= 0.6 is 0 Å². The van der Waals surface area contributed by atoms with E-state index >= 15 is 0 Å². The first-order valence-electron chi connectivity index (χ1n) is 12.2. The molecular formula is C30H30Cl2Zr. The van der Waals surface area contributed by atoms with E-state index in [0.29, 0.717) is 0 Å². The van der Waals surface area contributed by atoms with E-state index in [2.05, 4.69) is 74.6 Å². The second-order valence-electron chi connectivity index (χ2n) is 10.5. The second-order valence-corrected chi connectivity index (χ2v) is 21.9. The molecule has 2 aromatic rings. The number of aryl methyl sites for hydroxylation is 2. The van der Waals surface area contributed by atoms with Crippen LogP contribution in [0.25, 0.3) is 24.3 Å². The van der Waals surface area contributed by atoms with Crippen molar-refractivity contribution in [1.29, 1.82) is 0 Å². The van der Waals surface area contributed by atoms with Crippen LogP contribution in [-0.4, -0.2) is 0 Å². The normalized spacial score (nSPS) is 23.5. The summed E-state index contributed by atoms with van der Waals surface area (Å²) in [6.45, 7) is 4.90. The average Bonchev–Trinajstić information content (AvgIpc) is 3.37. The van der Waals surface area contributed by atoms with Gasteiger partial charge < -0.3 is 24.8 Å². The van der Waals surface area contributed by atoms with Crippen molar-refractivity contribution in [3.05, 3.63) is 92.1 Å². The first-order chi connectivity index (χ1) is 15.2. The van der Waals surface area contributed by atoms with Gasteiger partial charge in [-0.25, -0.2) is 0 Å². The molecule has 3 heteroatoms. The Balaban J connectivity index is 0.00000114. The van der Waals surface area contributed by atoms with Gasteiger partial charge in [-0.3, -0.25) is 0 Å². The van der Waals surface area contributed by atoms with Crippen molar-refractivity contribution in [2.24, 2.45) is 0 Å². The maximum absolute atomic E-state index is 2.58. The smallest absolute Gasteiger partial charge is 1.00 e. The van der Waals surface area contributed by atoms with Crippen molar-refractivity contribution in [2.45, 2.75) is 55.0 Å². The Kier molecular flexibility index (Phi) is 6.09. The molecule has 1 aliphatic heterocycles. The molecule has 4 aliphatic carbocycles. The van der Waals surface area contributed by atoms with E-state index in [1.165, 1.54) is 36.8 Å². The number of halogens is 2. The first-order valence-corrected chi connectivity index (χ1v) is 18.5. The maximum Gasteiger partial charge on any atom is -1.00 e. The van der Waals surface area contributed by atoms with Crippen molar-refractivity contribution < 1.29 is 45.1 Å². The van der Waals surface area contributed by atoms with Crippen LogP contribution in [0.1, 0.15) is 78.4 Å². The molecule has 1 fully saturated rings. The van der Waals surface area contributed by atoms with Gasteiger partial charge >= 0.3 is 192 Å². The number of hydrogen-bond donors (Lipinski definition) is 0. The molecule has 1 saturated heterocycles. The van der Waals surface area contributed by atoms with Gasteiger partial charge in [-0.15, -0.1) is 0 Å². The molecular weight excluding hydrogens is 522 g/mol. The van der Waals surface area contributed by atoms with Gasteiger partial charge in [0.2, 0.25) is 0 Å². The zero-order valence-corrected chi connectivity index (χ0v) is 23.4. The fourth-order valence-corrected chi connectivity index (χ4v) is 25.2. The SMILES string of the molecule is CC1=Cc2c(ccc3c2C=CCC3)[CH]1[Zr+2]1([CH]2C(C)=Cc3c2ccc2c3C=CCC2)[CH2][CH2]1.[Cl-].[Cl-]. The minimum atomic E-state index is -2.44. The van der Waals surface area contributed by atoms with Gasteiger partial charge in [0.15, 0.2) is 0 Å². The number of allylic oxidation sites excluding steroid dienone is 4. The van der Waals surface area contributed by atoms with Crippen molar-refractivity contribution in [3.8, 4) is 0 Å². The molecule has 1 heterocycles. The quantitative estimate of drug-likeness (QED) is 0.537. The number of hydrogen-bond acceptors (Lipinski definition) is 0. The van der Waals surface area contributed by atoms with Crippen LogP contribution in [0.15, 0.2) is 47.6 Å². The van der Waals surface area contributed by atoms with Crippen LogP contribution in [0.3, 0.4) is 0 Å². The Morgan fingerprint density at radius 3 is 1.52 bits per heavy atom. The summed E-state index contributed by atoms with van der Waals surface area (Å²) in [6, 6.07) is 10.00. The molecule has 33 heavy (non-hydrogen) atoms. The van der Waals surface area contributed by atoms with Crippen LogP contribution in [-0.2, 0) is 33.1 Å². The standard InChI is InChI=1S/2C14H13.C2H4.2ClH.Zr/c2*1-10-8-12-7-6-11-4-2-3-5-13(11)14(12)9-10;1-2;;;/h2*3,5-9H,2,4H2,1H3;1-2H2;2*1H;/q;;;;;+2/p-2. The Hall–Kier alpha value is -1.14. The molecule has 7 rings (SSSR count). The predicted octanol–water partition coefficient (Wildman–Crippen LogP) is 2.23. The summed E-state index contributed by atoms with van der Waals surface area (Å²) >= 11 is -2.44. The van der Waals surface area contributed by atoms with Gasteiger partial charge in [0.25, 0.3) is 0 Å². The minimum Gasteiger partial charge on any atom is -1.00 e. The van der Waals surface area contributed by atoms with Crippen LogP contribution in [0.2, 0.25) is 8.26 Å². The molecule has 0 bridgehead atoms. The fraction of sp³-hybridized carbons (Fsp3) is 0.333. The van der Waals surface area contributed by atoms with Crippen LogP contribution in [0.4, 0.5) is 0 Å². The van der Waals surface area contributed by atoms with E-state index < -0.39 is 20.3 Å². The predicted molar refractivity (Wildman–Crippen MR) is 130 cm³/mol. The van der Waals surface area contributed by atoms with Gasteiger partial charge in [0.05, 0.1) is 0 Å². The summed E-state index contributed by atoms with van der Waals surface area (Å²) in [7, 11) is 0. The molecule has 2 unspecified atom stereocenters. The largest absolute Gasteiger partial charge is 1.00 e. The van der Waals surface area contributed by atoms with E-state index in [1.54, 1.807) is 52.8 Å². The zero-order valence-electron chi connectivity index (χ0n) is 19.4. The van der Waals surface area contributed by atoms with Crippen molar-refractivity contribution in [3.63, 3.8) is 0 Å². The van der Waals surface area contributed by atoms with Gasteiger partial charge in [-0.05, 0) is 0 Å². The summed E-state index contributed by atoms with van der Waals surface area (Å²) in [6.07, 6.45) is 19.6. The Morgan fingerprint density at radius 1 is 0.636 bits per heavy atom. The summed E-state index contributed by atoms with van der Waals surface area (Å²) in [5, 5.41) is 0. The van der Waals surface area contributed by atoms with Gasteiger partial charge in [0.1, 0.15) is 0 Å². The third kappa shape index (κ3) is 3.33. The molecule has 0 amide bonds. The zero-order chi connectivity index (χ0) is 20.7. The molecule has 0 N–H and O–H groups in total. The summed E-state index contributed by atoms with van der Waals surface area (Å²) in [5.74, 6) is 0. The van der Waals surface area contributed by atoms with Crippen molar-refractivity contribution in [1.82, 2.24) is 0 Å². The minimum absolute atomic E-state index is 0. The van der Waals surface area contributed by atoms with E-state index in [1.807, 2.05) is 0 Å². The molecule has 2 aromatic carbocycles. The number of benzene rings is 2. The Labute approximate surface area is 215 Å². The monoisotopic (exact) mass is 550 g/mol. The summed E-state index contributed by atoms with van der Waals surface area (Å²) in [4.78, 5) is 0. The van der Waals surface area contributed by atoms with Crippen LogP contribution < -0.4 is 24.8 Å². The van der Waals surface area contributed by atoms with Crippen molar-refractivity contribution in [2.75, 3.05) is 0 Å². The Bertz CT molecular complexity index is 1180. The molecule has 0 radical (unpaired) electrons. The summed E-state index contributed by atoms with van der Waals surface area (Å²) in [5.41, 5.74) is 16.1. The van der Waals surface area contributed by atoms with Crippen LogP contribution in [0.5, 0.6) is 0 Å². The van der Waals surface area contributed by atoms with E-state index in [-0.39, 0.29) is 24.8 Å². The third-order valence-electron chi connectivity index (χ3n) is 8.81. The number of rotatable bonds is 2. The molecule has 0 aromatic heterocycles. The third-order valence-corrected chi connectivity index (χ3v) is 22.3. The molecule has 5 aliphatic rings. The van der Waals surface area contributed by atoms with Gasteiger partial charge in [0, 0.05) is 0 Å². The van der Waals surface area contributed by atoms with Crippen molar-refractivity contribution >= 4 is 24.3 Å². The first kappa shape index (κ1) is 23.6. The molecule has 168 valence electrons. The molecule has 0 nitrogen and oxygen atoms in total. The Morgan fingerprint density at radius 2 is 1.09 bits per heavy atom. The number of fused-ring (bicyclic) bond motifs is 6. The summed E-state index contributed by atoms with van der Waals surface area (Å²) < 4.78 is 4.66. The fourth-order valence-electron chi connectivity index (χ4n) is 7.46. The molecule has 2 atom stereocenters. The topological polar surface area (TPSA) is 0 Å². The average molecular weight is 553 g/mol. The van der Waals surface area contributed by atoms with E-state index in [0.717, 1.165) is 7.25 Å². The molecule has 0 spiro atoms.